The second-order valence-electron chi connectivity index (χ2n) is 7.24. The van der Waals surface area contributed by atoms with Gasteiger partial charge in [-0.3, -0.25) is 0 Å². The summed E-state index contributed by atoms with van der Waals surface area (Å²) in [6, 6.07) is 0.619. The van der Waals surface area contributed by atoms with E-state index in [1.807, 2.05) is 0 Å². The Kier molecular flexibility index (Phi) is 16.5. The highest BCUT2D eigenvalue weighted by Gasteiger charge is 2.18. The molecule has 0 aliphatic carbocycles. The van der Waals surface area contributed by atoms with E-state index in [0.717, 1.165) is 4.48 Å². The van der Waals surface area contributed by atoms with Crippen molar-refractivity contribution < 1.29 is 16.9 Å². The van der Waals surface area contributed by atoms with Gasteiger partial charge >= 0.3 is 0 Å². The van der Waals surface area contributed by atoms with E-state index in [1.165, 1.54) is 77.0 Å². The highest BCUT2D eigenvalue weighted by molar-refractivity contribution is 4.79. The Balaban J connectivity index is 0. The van der Waals surface area contributed by atoms with Gasteiger partial charge in [0.2, 0.25) is 0 Å². The number of nitrogens with zero attached hydrogens (tertiary/aromatic N) is 1. The molecule has 0 radical (unpaired) electrons. The van der Waals surface area contributed by atoms with E-state index in [2.05, 4.69) is 40.7 Å². The van der Waals surface area contributed by atoms with Crippen LogP contribution >= 0.6 is 0 Å². The molecule has 0 saturated heterocycles. The molecule has 21 heavy (non-hydrogen) atoms. The van der Waals surface area contributed by atoms with Crippen molar-refractivity contribution in [1.29, 1.82) is 0 Å². The molecule has 128 valence electrons. The lowest BCUT2D eigenvalue weighted by Crippen LogP contribution is -3.00. The summed E-state index contributed by atoms with van der Waals surface area (Å²) in [5.74, 6) is 0. The summed E-state index contributed by atoms with van der Waals surface area (Å²) in [5.41, 5.74) is 0. The largest absolute Gasteiger partial charge is 1.00 e. The molecule has 0 heterocycles. The first-order valence-electron chi connectivity index (χ1n) is 8.96. The zero-order valence-corrected chi connectivity index (χ0v) is 15.9. The molecule has 1 unspecified atom stereocenters. The van der Waals surface area contributed by atoms with Gasteiger partial charge in [-0.25, -0.2) is 0 Å². The van der Waals surface area contributed by atoms with Gasteiger partial charge in [0, 0.05) is 6.42 Å². The fourth-order valence-corrected chi connectivity index (χ4v) is 2.84. The van der Waals surface area contributed by atoms with Crippen molar-refractivity contribution in [2.45, 2.75) is 90.0 Å². The van der Waals surface area contributed by atoms with Crippen LogP contribution in [0.15, 0.2) is 12.7 Å². The van der Waals surface area contributed by atoms with Gasteiger partial charge in [0.25, 0.3) is 0 Å². The molecule has 1 nitrogen and oxygen atoms in total. The van der Waals surface area contributed by atoms with Crippen LogP contribution in [-0.2, 0) is 0 Å². The Morgan fingerprint density at radius 2 is 1.14 bits per heavy atom. The summed E-state index contributed by atoms with van der Waals surface area (Å²) in [6.07, 6.45) is 19.1. The van der Waals surface area contributed by atoms with E-state index in [0.29, 0.717) is 6.04 Å². The Bertz CT molecular complexity index is 220. The SMILES string of the molecule is C=CC(CCCCCCCCCCCCC)[N+](C)(C)C.[Cl-]. The second kappa shape index (κ2) is 14.9. The van der Waals surface area contributed by atoms with Crippen LogP contribution in [0, 0.1) is 0 Å². The number of likely N-dealkylation sites (N-methyl/N-ethyl adjacent to an activating group) is 1. The van der Waals surface area contributed by atoms with E-state index in [9.17, 15) is 0 Å². The normalized spacial score (nSPS) is 12.8. The van der Waals surface area contributed by atoms with Crippen LogP contribution in [0.1, 0.15) is 84.0 Å². The van der Waals surface area contributed by atoms with Crippen LogP contribution in [0.4, 0.5) is 0 Å². The predicted octanol–water partition coefficient (Wildman–Crippen LogP) is 2.95. The molecule has 0 aromatic carbocycles. The first kappa shape index (κ1) is 23.3. The average molecular weight is 318 g/mol. The topological polar surface area (TPSA) is 0 Å². The maximum Gasteiger partial charge on any atom is 0.107 e. The molecular formula is C19H40ClN. The van der Waals surface area contributed by atoms with Crippen molar-refractivity contribution in [3.05, 3.63) is 12.7 Å². The number of quaternary nitrogens is 1. The predicted molar refractivity (Wildman–Crippen MR) is 93.1 cm³/mol. The number of hydrogen-bond acceptors (Lipinski definition) is 0. The van der Waals surface area contributed by atoms with Crippen LogP contribution in [0.5, 0.6) is 0 Å². The fraction of sp³-hybridized carbons (Fsp3) is 0.895. The average Bonchev–Trinajstić information content (AvgIpc) is 2.38. The highest BCUT2D eigenvalue weighted by Crippen LogP contribution is 2.15. The summed E-state index contributed by atoms with van der Waals surface area (Å²) < 4.78 is 1.02. The maximum absolute atomic E-state index is 3.98. The molecule has 0 spiro atoms. The molecule has 0 aromatic heterocycles. The molecular weight excluding hydrogens is 278 g/mol. The van der Waals surface area contributed by atoms with Crippen LogP contribution in [0.25, 0.3) is 0 Å². The van der Waals surface area contributed by atoms with Crippen molar-refractivity contribution in [3.63, 3.8) is 0 Å². The maximum atomic E-state index is 3.98. The number of hydrogen-bond donors (Lipinski definition) is 0. The Labute approximate surface area is 141 Å². The highest BCUT2D eigenvalue weighted by atomic mass is 35.5. The molecule has 0 saturated carbocycles. The monoisotopic (exact) mass is 317 g/mol. The van der Waals surface area contributed by atoms with Crippen molar-refractivity contribution >= 4 is 0 Å². The first-order chi connectivity index (χ1) is 9.52. The smallest absolute Gasteiger partial charge is 0.107 e. The Hall–Kier alpha value is -0.0100. The summed E-state index contributed by atoms with van der Waals surface area (Å²) in [4.78, 5) is 0. The van der Waals surface area contributed by atoms with E-state index < -0.39 is 0 Å². The lowest BCUT2D eigenvalue weighted by atomic mass is 10.0. The van der Waals surface area contributed by atoms with Gasteiger partial charge < -0.3 is 16.9 Å². The van der Waals surface area contributed by atoms with Crippen molar-refractivity contribution in [2.75, 3.05) is 21.1 Å². The van der Waals surface area contributed by atoms with Crippen molar-refractivity contribution in [3.8, 4) is 0 Å². The third-order valence-corrected chi connectivity index (χ3v) is 4.37. The van der Waals surface area contributed by atoms with Crippen LogP contribution in [0.2, 0.25) is 0 Å². The minimum Gasteiger partial charge on any atom is -1.00 e. The van der Waals surface area contributed by atoms with Gasteiger partial charge in [-0.2, -0.15) is 0 Å². The Morgan fingerprint density at radius 3 is 1.48 bits per heavy atom. The minimum absolute atomic E-state index is 0. The molecule has 0 fully saturated rings. The molecule has 0 aliphatic rings. The number of rotatable bonds is 14. The van der Waals surface area contributed by atoms with E-state index in [4.69, 9.17) is 0 Å². The molecule has 0 bridgehead atoms. The summed E-state index contributed by atoms with van der Waals surface area (Å²) >= 11 is 0. The number of unbranched alkanes of at least 4 members (excludes halogenated alkanes) is 10. The zero-order chi connectivity index (χ0) is 15.3. The molecule has 2 heteroatoms. The van der Waals surface area contributed by atoms with Crippen LogP contribution < -0.4 is 12.4 Å². The van der Waals surface area contributed by atoms with Crippen molar-refractivity contribution in [2.24, 2.45) is 0 Å². The lowest BCUT2D eigenvalue weighted by Gasteiger charge is -2.32. The van der Waals surface area contributed by atoms with E-state index in [1.54, 1.807) is 0 Å². The van der Waals surface area contributed by atoms with Crippen molar-refractivity contribution in [1.82, 2.24) is 0 Å². The first-order valence-corrected chi connectivity index (χ1v) is 8.96. The molecule has 0 amide bonds. The molecule has 0 N–H and O–H groups in total. The summed E-state index contributed by atoms with van der Waals surface area (Å²) in [7, 11) is 6.81. The molecule has 1 atom stereocenters. The van der Waals surface area contributed by atoms with Gasteiger partial charge in [-0.05, 0) is 12.5 Å². The summed E-state index contributed by atoms with van der Waals surface area (Å²) in [5, 5.41) is 0. The van der Waals surface area contributed by atoms with Gasteiger partial charge in [-0.15, -0.1) is 0 Å². The van der Waals surface area contributed by atoms with Gasteiger partial charge in [0.15, 0.2) is 0 Å². The van der Waals surface area contributed by atoms with Crippen LogP contribution in [0.3, 0.4) is 0 Å². The van der Waals surface area contributed by atoms with Gasteiger partial charge in [-0.1, -0.05) is 77.7 Å². The lowest BCUT2D eigenvalue weighted by molar-refractivity contribution is -0.889. The molecule has 0 aromatic rings. The molecule has 0 rings (SSSR count). The molecule has 0 aliphatic heterocycles. The van der Waals surface area contributed by atoms with E-state index >= 15 is 0 Å². The fourth-order valence-electron chi connectivity index (χ4n) is 2.84. The number of halogens is 1. The standard InChI is InChI=1S/C19H40N.ClH/c1-6-8-9-10-11-12-13-14-15-16-17-18-19(7-2)20(3,4)5;/h7,19H,2,6,8-18H2,1,3-5H3;1H/q+1;/p-1. The van der Waals surface area contributed by atoms with Gasteiger partial charge in [0.05, 0.1) is 21.1 Å². The third-order valence-electron chi connectivity index (χ3n) is 4.37. The van der Waals surface area contributed by atoms with Crippen LogP contribution in [-0.4, -0.2) is 31.7 Å². The van der Waals surface area contributed by atoms with Gasteiger partial charge in [0.1, 0.15) is 6.04 Å². The third kappa shape index (κ3) is 14.7. The zero-order valence-electron chi connectivity index (χ0n) is 15.2. The second-order valence-corrected chi connectivity index (χ2v) is 7.24. The minimum atomic E-state index is 0. The van der Waals surface area contributed by atoms with E-state index in [-0.39, 0.29) is 12.4 Å². The Morgan fingerprint density at radius 1 is 0.762 bits per heavy atom. The summed E-state index contributed by atoms with van der Waals surface area (Å²) in [6.45, 7) is 6.27. The quantitative estimate of drug-likeness (QED) is 0.262.